The van der Waals surface area contributed by atoms with Crippen molar-refractivity contribution in [1.82, 2.24) is 14.8 Å². The summed E-state index contributed by atoms with van der Waals surface area (Å²) in [6.45, 7) is -1.26. The average molecular weight is 433 g/mol. The van der Waals surface area contributed by atoms with Gasteiger partial charge in [-0.2, -0.15) is 8.78 Å². The second kappa shape index (κ2) is 8.51. The zero-order chi connectivity index (χ0) is 21.3. The van der Waals surface area contributed by atoms with E-state index in [9.17, 15) is 18.0 Å². The number of thioether (sulfide) groups is 1. The zero-order valence-corrected chi connectivity index (χ0v) is 16.8. The molecule has 0 spiro atoms. The van der Waals surface area contributed by atoms with E-state index >= 15 is 0 Å². The van der Waals surface area contributed by atoms with Crippen LogP contribution in [0, 0.1) is 12.7 Å². The molecule has 9 heteroatoms. The van der Waals surface area contributed by atoms with Crippen LogP contribution in [0.1, 0.15) is 34.8 Å². The molecule has 0 radical (unpaired) electrons. The fourth-order valence-electron chi connectivity index (χ4n) is 3.13. The summed E-state index contributed by atoms with van der Waals surface area (Å²) in [5.74, 6) is -0.532. The van der Waals surface area contributed by atoms with Crippen molar-refractivity contribution in [3.05, 3.63) is 59.4 Å². The van der Waals surface area contributed by atoms with Crippen molar-refractivity contribution in [1.29, 1.82) is 0 Å². The SMILES string of the molecule is Cc1ccc(OC(F)F)c(C(=O)CSc2nnc(-c3ccccc3F)n2C2CC2)c1. The molecule has 1 heterocycles. The molecule has 30 heavy (non-hydrogen) atoms. The lowest BCUT2D eigenvalue weighted by molar-refractivity contribution is -0.0501. The summed E-state index contributed by atoms with van der Waals surface area (Å²) in [4.78, 5) is 12.7. The van der Waals surface area contributed by atoms with Gasteiger partial charge in [-0.15, -0.1) is 10.2 Å². The summed E-state index contributed by atoms with van der Waals surface area (Å²) < 4.78 is 45.9. The van der Waals surface area contributed by atoms with Crippen LogP contribution in [0.5, 0.6) is 5.75 Å². The summed E-state index contributed by atoms with van der Waals surface area (Å²) in [6, 6.07) is 11.0. The topological polar surface area (TPSA) is 57.0 Å². The summed E-state index contributed by atoms with van der Waals surface area (Å²) in [6.07, 6.45) is 1.84. The van der Waals surface area contributed by atoms with E-state index in [1.54, 1.807) is 31.2 Å². The van der Waals surface area contributed by atoms with Crippen molar-refractivity contribution in [2.45, 2.75) is 37.6 Å². The molecule has 0 aliphatic heterocycles. The number of Topliss-reactive ketones (excluding diaryl/α,β-unsaturated/α-hetero) is 1. The second-order valence-corrected chi connectivity index (χ2v) is 7.92. The zero-order valence-electron chi connectivity index (χ0n) is 16.0. The average Bonchev–Trinajstić information content (AvgIpc) is 3.47. The standard InChI is InChI=1S/C21H18F3N3O2S/c1-12-6-9-18(29-20(23)24)15(10-12)17(28)11-30-21-26-25-19(27(21)13-7-8-13)14-4-2-3-5-16(14)22/h2-6,9-10,13,20H,7-8,11H2,1H3. The van der Waals surface area contributed by atoms with Gasteiger partial charge in [-0.1, -0.05) is 35.5 Å². The molecule has 5 nitrogen and oxygen atoms in total. The Morgan fingerprint density at radius 2 is 2.00 bits per heavy atom. The van der Waals surface area contributed by atoms with Crippen molar-refractivity contribution in [3.63, 3.8) is 0 Å². The Hall–Kier alpha value is -2.81. The number of hydrogen-bond donors (Lipinski definition) is 0. The highest BCUT2D eigenvalue weighted by Gasteiger charge is 2.31. The lowest BCUT2D eigenvalue weighted by atomic mass is 10.1. The van der Waals surface area contributed by atoms with E-state index in [0.717, 1.165) is 30.2 Å². The first-order valence-electron chi connectivity index (χ1n) is 9.35. The van der Waals surface area contributed by atoms with Crippen molar-refractivity contribution in [3.8, 4) is 17.1 Å². The lowest BCUT2D eigenvalue weighted by Gasteiger charge is -2.11. The van der Waals surface area contributed by atoms with Crippen LogP contribution in [0.4, 0.5) is 13.2 Å². The predicted octanol–water partition coefficient (Wildman–Crippen LogP) is 5.30. The molecular weight excluding hydrogens is 415 g/mol. The van der Waals surface area contributed by atoms with Gasteiger partial charge < -0.3 is 4.74 Å². The molecule has 3 aromatic rings. The molecule has 0 unspecified atom stereocenters. The first kappa shape index (κ1) is 20.5. The number of carbonyl (C=O) groups excluding carboxylic acids is 1. The van der Waals surface area contributed by atoms with Crippen LogP contribution in [0.2, 0.25) is 0 Å². The third kappa shape index (κ3) is 4.35. The summed E-state index contributed by atoms with van der Waals surface area (Å²) in [5, 5.41) is 8.80. The summed E-state index contributed by atoms with van der Waals surface area (Å²) in [7, 11) is 0. The molecule has 0 atom stereocenters. The molecule has 1 saturated carbocycles. The monoisotopic (exact) mass is 433 g/mol. The van der Waals surface area contributed by atoms with Gasteiger partial charge in [0.15, 0.2) is 16.8 Å². The molecule has 0 saturated heterocycles. The maximum atomic E-state index is 14.3. The highest BCUT2D eigenvalue weighted by atomic mass is 32.2. The van der Waals surface area contributed by atoms with E-state index in [4.69, 9.17) is 0 Å². The summed E-state index contributed by atoms with van der Waals surface area (Å²) >= 11 is 1.15. The number of hydrogen-bond acceptors (Lipinski definition) is 5. The van der Waals surface area contributed by atoms with Gasteiger partial charge in [0.2, 0.25) is 0 Å². The Bertz CT molecular complexity index is 1080. The van der Waals surface area contributed by atoms with Gasteiger partial charge in [-0.3, -0.25) is 9.36 Å². The largest absolute Gasteiger partial charge is 0.434 e. The first-order chi connectivity index (χ1) is 14.4. The Morgan fingerprint density at radius 1 is 1.23 bits per heavy atom. The number of halogens is 3. The molecule has 0 N–H and O–H groups in total. The predicted molar refractivity (Wildman–Crippen MR) is 107 cm³/mol. The van der Waals surface area contributed by atoms with Crippen molar-refractivity contribution >= 4 is 17.5 Å². The van der Waals surface area contributed by atoms with Crippen LogP contribution in [0.15, 0.2) is 47.6 Å². The van der Waals surface area contributed by atoms with Gasteiger partial charge in [0, 0.05) is 6.04 Å². The van der Waals surface area contributed by atoms with Crippen LogP contribution in [0.3, 0.4) is 0 Å². The third-order valence-corrected chi connectivity index (χ3v) is 5.62. The minimum Gasteiger partial charge on any atom is -0.434 e. The number of carbonyl (C=O) groups is 1. The van der Waals surface area contributed by atoms with Crippen LogP contribution < -0.4 is 4.74 Å². The Kier molecular flexibility index (Phi) is 5.80. The maximum Gasteiger partial charge on any atom is 0.387 e. The van der Waals surface area contributed by atoms with E-state index < -0.39 is 12.4 Å². The minimum atomic E-state index is -3.02. The number of aromatic nitrogens is 3. The van der Waals surface area contributed by atoms with E-state index in [-0.39, 0.29) is 28.9 Å². The highest BCUT2D eigenvalue weighted by Crippen LogP contribution is 2.41. The van der Waals surface area contributed by atoms with Crippen LogP contribution in [0.25, 0.3) is 11.4 Å². The van der Waals surface area contributed by atoms with Crippen LogP contribution in [-0.2, 0) is 0 Å². The number of rotatable bonds is 8. The fraction of sp³-hybridized carbons (Fsp3) is 0.286. The van der Waals surface area contributed by atoms with Gasteiger partial charge >= 0.3 is 6.61 Å². The van der Waals surface area contributed by atoms with Crippen molar-refractivity contribution in [2.24, 2.45) is 0 Å². The number of ketones is 1. The highest BCUT2D eigenvalue weighted by molar-refractivity contribution is 7.99. The smallest absolute Gasteiger partial charge is 0.387 e. The Balaban J connectivity index is 1.57. The molecule has 4 rings (SSSR count). The van der Waals surface area contributed by atoms with Gasteiger partial charge in [0.25, 0.3) is 0 Å². The Morgan fingerprint density at radius 3 is 2.70 bits per heavy atom. The number of alkyl halides is 2. The molecule has 1 fully saturated rings. The molecule has 1 aliphatic rings. The van der Waals surface area contributed by atoms with Crippen molar-refractivity contribution in [2.75, 3.05) is 5.75 Å². The van der Waals surface area contributed by atoms with E-state index in [1.165, 1.54) is 18.2 Å². The van der Waals surface area contributed by atoms with Gasteiger partial charge in [0.1, 0.15) is 11.6 Å². The van der Waals surface area contributed by atoms with Gasteiger partial charge in [0.05, 0.1) is 16.9 Å². The molecule has 0 bridgehead atoms. The quantitative estimate of drug-likeness (QED) is 0.356. The van der Waals surface area contributed by atoms with Crippen LogP contribution in [-0.4, -0.2) is 32.9 Å². The fourth-order valence-corrected chi connectivity index (χ4v) is 4.02. The first-order valence-corrected chi connectivity index (χ1v) is 10.3. The lowest BCUT2D eigenvalue weighted by Crippen LogP contribution is -2.10. The normalized spacial score (nSPS) is 13.6. The number of aryl methyl sites for hydroxylation is 1. The molecule has 0 amide bonds. The minimum absolute atomic E-state index is 0.0365. The van der Waals surface area contributed by atoms with E-state index in [0.29, 0.717) is 16.5 Å². The second-order valence-electron chi connectivity index (χ2n) is 6.98. The van der Waals surface area contributed by atoms with Crippen molar-refractivity contribution < 1.29 is 22.7 Å². The van der Waals surface area contributed by atoms with Gasteiger partial charge in [-0.25, -0.2) is 4.39 Å². The third-order valence-electron chi connectivity index (χ3n) is 4.68. The van der Waals surface area contributed by atoms with Crippen LogP contribution >= 0.6 is 11.8 Å². The number of benzene rings is 2. The molecule has 2 aromatic carbocycles. The molecular formula is C21H18F3N3O2S. The molecule has 1 aliphatic carbocycles. The number of ether oxygens (including phenoxy) is 1. The summed E-state index contributed by atoms with van der Waals surface area (Å²) in [5.41, 5.74) is 1.20. The maximum absolute atomic E-state index is 14.3. The molecule has 156 valence electrons. The molecule has 1 aromatic heterocycles. The van der Waals surface area contributed by atoms with E-state index in [1.807, 2.05) is 4.57 Å². The van der Waals surface area contributed by atoms with Gasteiger partial charge in [-0.05, 0) is 44.0 Å². The number of nitrogens with zero attached hydrogens (tertiary/aromatic N) is 3. The van der Waals surface area contributed by atoms with E-state index in [2.05, 4.69) is 14.9 Å². The Labute approximate surface area is 175 Å².